The number of halogens is 1. The fourth-order valence-electron chi connectivity index (χ4n) is 6.43. The Bertz CT molecular complexity index is 2120. The molecule has 5 aromatic rings. The fourth-order valence-corrected chi connectivity index (χ4v) is 6.89. The third-order valence-electron chi connectivity index (χ3n) is 9.30. The summed E-state index contributed by atoms with van der Waals surface area (Å²) >= 11 is 3.57. The van der Waals surface area contributed by atoms with E-state index in [-0.39, 0.29) is 55.1 Å². The van der Waals surface area contributed by atoms with Crippen molar-refractivity contribution in [3.63, 3.8) is 0 Å². The normalized spacial score (nSPS) is 16.0. The lowest BCUT2D eigenvalue weighted by atomic mass is 9.71. The Morgan fingerprint density at radius 1 is 0.926 bits per heavy atom. The van der Waals surface area contributed by atoms with Gasteiger partial charge in [-0.3, -0.25) is 4.79 Å². The molecule has 4 aromatic carbocycles. The predicted octanol–water partition coefficient (Wildman–Crippen LogP) is 6.81. The molecule has 0 fully saturated rings. The molecule has 0 spiro atoms. The number of carbonyl (C=O) groups excluding carboxylic acids is 3. The Kier molecular flexibility index (Phi) is 11.8. The summed E-state index contributed by atoms with van der Waals surface area (Å²) in [5.74, 6) is -1.21. The highest BCUT2D eigenvalue weighted by atomic mass is 79.9. The maximum atomic E-state index is 14.7. The van der Waals surface area contributed by atoms with Crippen molar-refractivity contribution in [2.45, 2.75) is 57.6 Å². The molecular weight excluding hydrogens is 756 g/mol. The second-order valence-electron chi connectivity index (χ2n) is 13.3. The van der Waals surface area contributed by atoms with E-state index < -0.39 is 35.5 Å². The van der Waals surface area contributed by atoms with E-state index in [4.69, 9.17) is 29.3 Å². The number of phenols is 1. The average molecular weight is 798 g/mol. The number of fused-ring (bicyclic) bond motifs is 1. The molecule has 6 rings (SSSR count). The van der Waals surface area contributed by atoms with Crippen molar-refractivity contribution in [1.29, 1.82) is 0 Å². The number of amides is 2. The number of oxazole rings is 1. The van der Waals surface area contributed by atoms with Crippen molar-refractivity contribution in [1.82, 2.24) is 10.3 Å². The summed E-state index contributed by atoms with van der Waals surface area (Å²) in [6.45, 7) is 4.08. The van der Waals surface area contributed by atoms with Gasteiger partial charge >= 0.3 is 12.1 Å². The van der Waals surface area contributed by atoms with E-state index in [1.165, 1.54) is 13.2 Å². The average Bonchev–Trinajstić information content (AvgIpc) is 3.73. The second-order valence-corrected chi connectivity index (χ2v) is 14.1. The summed E-state index contributed by atoms with van der Waals surface area (Å²) in [6.07, 6.45) is -0.898. The third-order valence-corrected chi connectivity index (χ3v) is 9.96. The van der Waals surface area contributed by atoms with Gasteiger partial charge in [0, 0.05) is 22.0 Å². The first-order valence-corrected chi connectivity index (χ1v) is 18.2. The van der Waals surface area contributed by atoms with Gasteiger partial charge in [-0.15, -0.1) is 0 Å². The number of rotatable bonds is 14. The van der Waals surface area contributed by atoms with Crippen LogP contribution in [-0.4, -0.2) is 41.2 Å². The number of alkyl carbamates (subject to hydrolysis) is 1. The lowest BCUT2D eigenvalue weighted by molar-refractivity contribution is -0.143. The van der Waals surface area contributed by atoms with E-state index in [0.29, 0.717) is 27.0 Å². The predicted molar refractivity (Wildman–Crippen MR) is 203 cm³/mol. The van der Waals surface area contributed by atoms with Crippen LogP contribution < -0.4 is 16.4 Å². The number of esters is 1. The van der Waals surface area contributed by atoms with Gasteiger partial charge in [-0.2, -0.15) is 0 Å². The zero-order chi connectivity index (χ0) is 38.4. The van der Waals surface area contributed by atoms with Gasteiger partial charge in [0.25, 0.3) is 0 Å². The lowest BCUT2D eigenvalue weighted by Crippen LogP contribution is -2.43. The van der Waals surface area contributed by atoms with E-state index in [1.54, 1.807) is 30.3 Å². The van der Waals surface area contributed by atoms with Crippen molar-refractivity contribution in [3.8, 4) is 5.75 Å². The molecule has 0 bridgehead atoms. The van der Waals surface area contributed by atoms with Crippen LogP contribution in [0, 0.1) is 5.92 Å². The number of nitrogens with two attached hydrogens (primary N) is 1. The second kappa shape index (κ2) is 16.7. The number of nitrogens with one attached hydrogen (secondary N) is 2. The highest BCUT2D eigenvalue weighted by Crippen LogP contribution is 2.53. The van der Waals surface area contributed by atoms with Crippen LogP contribution in [0.5, 0.6) is 5.75 Å². The van der Waals surface area contributed by atoms with E-state index in [9.17, 15) is 19.5 Å². The molecule has 280 valence electrons. The van der Waals surface area contributed by atoms with Crippen LogP contribution in [0.15, 0.2) is 106 Å². The molecule has 1 aliphatic rings. The van der Waals surface area contributed by atoms with Gasteiger partial charge in [0.05, 0.1) is 32.1 Å². The number of hydrogen-bond acceptors (Lipinski definition) is 10. The highest BCUT2D eigenvalue weighted by molar-refractivity contribution is 9.10. The first kappa shape index (κ1) is 38.2. The number of carbonyl (C=O) groups is 3. The van der Waals surface area contributed by atoms with Crippen LogP contribution in [0.4, 0.5) is 10.5 Å². The summed E-state index contributed by atoms with van der Waals surface area (Å²) in [7, 11) is 1.21. The van der Waals surface area contributed by atoms with Gasteiger partial charge in [0.2, 0.25) is 11.8 Å². The Morgan fingerprint density at radius 2 is 1.61 bits per heavy atom. The van der Waals surface area contributed by atoms with Crippen LogP contribution in [0.3, 0.4) is 0 Å². The molecule has 0 saturated carbocycles. The maximum absolute atomic E-state index is 14.7. The zero-order valence-corrected chi connectivity index (χ0v) is 31.6. The number of anilines is 1. The van der Waals surface area contributed by atoms with Crippen molar-refractivity contribution in [3.05, 3.63) is 147 Å². The topological polar surface area (TPSA) is 175 Å². The van der Waals surface area contributed by atoms with E-state index in [2.05, 4.69) is 26.6 Å². The molecule has 0 unspecified atom stereocenters. The Balaban J connectivity index is 1.43. The number of benzene rings is 4. The van der Waals surface area contributed by atoms with Gasteiger partial charge in [-0.1, -0.05) is 98.8 Å². The smallest absolute Gasteiger partial charge is 0.408 e. The minimum Gasteiger partial charge on any atom is -0.508 e. The molecule has 1 aromatic heterocycles. The Hall–Kier alpha value is -5.50. The summed E-state index contributed by atoms with van der Waals surface area (Å²) in [6, 6.07) is 26.9. The summed E-state index contributed by atoms with van der Waals surface area (Å²) < 4.78 is 23.7. The van der Waals surface area contributed by atoms with E-state index in [1.807, 2.05) is 74.5 Å². The van der Waals surface area contributed by atoms with Crippen LogP contribution in [0.25, 0.3) is 0 Å². The summed E-state index contributed by atoms with van der Waals surface area (Å²) in [5.41, 5.74) is 8.39. The summed E-state index contributed by atoms with van der Waals surface area (Å²) in [4.78, 5) is 45.3. The molecule has 0 saturated heterocycles. The SMILES string of the molecule is COC(=O)[C@H](Cc1ccc(O)c([C@@]2(c3oc([C@H](N)C(C)C)nc3COCc3ccccc3)C(=O)Nc3c(Br)cccc32)c1)NC(=O)OCc1ccccc1. The molecule has 3 atom stereocenters. The molecular formula is C41H41BrN4O8. The first-order chi connectivity index (χ1) is 26.0. The van der Waals surface area contributed by atoms with Gasteiger partial charge in [-0.25, -0.2) is 14.6 Å². The number of ether oxygens (including phenoxy) is 3. The standard InChI is InChI=1S/C41H41BrN4O8/c1-24(2)34(43)37-44-32(23-52-21-25-11-6-4-7-12-25)36(54-37)41(28-15-10-16-30(42)35(28)46-39(41)49)29-19-27(17-18-33(29)47)20-31(38(48)51-3)45-40(50)53-22-26-13-8-5-9-14-26/h4-19,24,31,34,47H,20-23,43H2,1-3H3,(H,45,50)(H,46,49)/t31-,34+,41-/m0/s1. The van der Waals surface area contributed by atoms with E-state index >= 15 is 0 Å². The molecule has 13 heteroatoms. The van der Waals surface area contributed by atoms with Crippen molar-refractivity contribution in [2.75, 3.05) is 12.4 Å². The van der Waals surface area contributed by atoms with Crippen LogP contribution in [0.2, 0.25) is 0 Å². The molecule has 12 nitrogen and oxygen atoms in total. The number of hydrogen-bond donors (Lipinski definition) is 4. The van der Waals surface area contributed by atoms with Crippen LogP contribution in [-0.2, 0) is 55.5 Å². The first-order valence-electron chi connectivity index (χ1n) is 17.4. The third kappa shape index (κ3) is 7.88. The zero-order valence-electron chi connectivity index (χ0n) is 30.0. The Labute approximate surface area is 321 Å². The number of para-hydroxylation sites is 1. The minimum absolute atomic E-state index is 0.00639. The lowest BCUT2D eigenvalue weighted by Gasteiger charge is -2.28. The van der Waals surface area contributed by atoms with Gasteiger partial charge < -0.3 is 40.1 Å². The molecule has 2 amide bonds. The number of methoxy groups -OCH3 is 1. The number of nitrogens with zero attached hydrogens (tertiary/aromatic N) is 1. The highest BCUT2D eigenvalue weighted by Gasteiger charge is 2.56. The van der Waals surface area contributed by atoms with Gasteiger partial charge in [0.15, 0.2) is 11.2 Å². The molecule has 1 aliphatic heterocycles. The maximum Gasteiger partial charge on any atom is 0.408 e. The largest absolute Gasteiger partial charge is 0.508 e. The quantitative estimate of drug-likeness (QED) is 0.0874. The van der Waals surface area contributed by atoms with Crippen molar-refractivity contribution in [2.24, 2.45) is 11.7 Å². The molecule has 54 heavy (non-hydrogen) atoms. The number of phenolic OH excluding ortho intramolecular Hbond substituents is 1. The van der Waals surface area contributed by atoms with Crippen molar-refractivity contribution >= 4 is 39.6 Å². The van der Waals surface area contributed by atoms with Gasteiger partial charge in [-0.05, 0) is 50.7 Å². The van der Waals surface area contributed by atoms with Gasteiger partial charge in [0.1, 0.15) is 24.1 Å². The molecule has 2 heterocycles. The van der Waals surface area contributed by atoms with Crippen molar-refractivity contribution < 1.29 is 38.1 Å². The molecule has 5 N–H and O–H groups in total. The minimum atomic E-state index is -1.80. The summed E-state index contributed by atoms with van der Waals surface area (Å²) in [5, 5.41) is 17.3. The number of aromatic nitrogens is 1. The van der Waals surface area contributed by atoms with E-state index in [0.717, 1.165) is 11.1 Å². The monoisotopic (exact) mass is 796 g/mol. The molecule has 0 aliphatic carbocycles. The fraction of sp³-hybridized carbons (Fsp3) is 0.268. The molecule has 0 radical (unpaired) electrons. The van der Waals surface area contributed by atoms with Crippen LogP contribution >= 0.6 is 15.9 Å². The Morgan fingerprint density at radius 3 is 2.28 bits per heavy atom. The van der Waals surface area contributed by atoms with Crippen LogP contribution in [0.1, 0.15) is 65.1 Å². The number of aromatic hydroxyl groups is 1.